The second-order valence-corrected chi connectivity index (χ2v) is 8.59. The van der Waals surface area contributed by atoms with Crippen molar-refractivity contribution in [1.82, 2.24) is 14.9 Å². The number of amides is 1. The first-order chi connectivity index (χ1) is 14.1. The lowest BCUT2D eigenvalue weighted by Gasteiger charge is -2.29. The lowest BCUT2D eigenvalue weighted by atomic mass is 9.86. The van der Waals surface area contributed by atoms with E-state index in [0.717, 1.165) is 12.8 Å². The number of carbonyl (C=O) groups excluding carboxylic acids is 1. The van der Waals surface area contributed by atoms with Crippen molar-refractivity contribution in [1.29, 1.82) is 0 Å². The van der Waals surface area contributed by atoms with E-state index < -0.39 is 0 Å². The lowest BCUT2D eigenvalue weighted by Crippen LogP contribution is -2.42. The number of rotatable bonds is 9. The highest BCUT2D eigenvalue weighted by atomic mass is 32.2. The minimum Gasteiger partial charge on any atom is -0.382 e. The van der Waals surface area contributed by atoms with E-state index in [-0.39, 0.29) is 23.3 Å². The summed E-state index contributed by atoms with van der Waals surface area (Å²) in [5, 5.41) is 4.37. The van der Waals surface area contributed by atoms with Crippen molar-refractivity contribution in [2.45, 2.75) is 63.7 Å². The number of ether oxygens (including phenoxy) is 1. The molecule has 2 aromatic rings. The first-order valence-electron chi connectivity index (χ1n) is 10.6. The van der Waals surface area contributed by atoms with Crippen molar-refractivity contribution in [3.8, 4) is 0 Å². The first-order valence-corrected chi connectivity index (χ1v) is 11.6. The minimum atomic E-state index is -0.0593. The van der Waals surface area contributed by atoms with Gasteiger partial charge in [0.15, 0.2) is 5.16 Å². The smallest absolute Gasteiger partial charge is 0.262 e. The van der Waals surface area contributed by atoms with Gasteiger partial charge in [-0.1, -0.05) is 43.7 Å². The summed E-state index contributed by atoms with van der Waals surface area (Å²) in [5.41, 5.74) is 0.610. The quantitative estimate of drug-likeness (QED) is 0.383. The van der Waals surface area contributed by atoms with Crippen LogP contribution in [0.15, 0.2) is 34.2 Å². The number of hydrogen-bond donors (Lipinski definition) is 1. The predicted octanol–water partition coefficient (Wildman–Crippen LogP) is 3.61. The summed E-state index contributed by atoms with van der Waals surface area (Å²) in [7, 11) is 0. The van der Waals surface area contributed by atoms with Gasteiger partial charge in [0, 0.05) is 25.8 Å². The van der Waals surface area contributed by atoms with Crippen molar-refractivity contribution in [3.05, 3.63) is 34.6 Å². The van der Waals surface area contributed by atoms with E-state index in [1.165, 1.54) is 31.0 Å². The van der Waals surface area contributed by atoms with Gasteiger partial charge in [-0.05, 0) is 44.2 Å². The molecule has 29 heavy (non-hydrogen) atoms. The maximum Gasteiger partial charge on any atom is 0.262 e. The highest BCUT2D eigenvalue weighted by Gasteiger charge is 2.23. The third-order valence-corrected chi connectivity index (χ3v) is 6.47. The van der Waals surface area contributed by atoms with Crippen LogP contribution >= 0.6 is 11.8 Å². The largest absolute Gasteiger partial charge is 0.382 e. The summed E-state index contributed by atoms with van der Waals surface area (Å²) in [5.74, 6) is 0.796. The summed E-state index contributed by atoms with van der Waals surface area (Å²) >= 11 is 1.34. The number of nitrogens with one attached hydrogen (secondary N) is 1. The van der Waals surface area contributed by atoms with Crippen LogP contribution in [-0.2, 0) is 16.1 Å². The van der Waals surface area contributed by atoms with Crippen LogP contribution < -0.4 is 10.9 Å². The van der Waals surface area contributed by atoms with Crippen molar-refractivity contribution >= 4 is 28.6 Å². The number of thioether (sulfide) groups is 1. The van der Waals surface area contributed by atoms with Gasteiger partial charge >= 0.3 is 0 Å². The number of nitrogens with zero attached hydrogens (tertiary/aromatic N) is 2. The Balaban J connectivity index is 1.72. The molecule has 0 spiro atoms. The van der Waals surface area contributed by atoms with Crippen LogP contribution in [0, 0.1) is 5.92 Å². The number of benzene rings is 1. The van der Waals surface area contributed by atoms with E-state index in [1.54, 1.807) is 10.6 Å². The maximum atomic E-state index is 13.0. The van der Waals surface area contributed by atoms with Gasteiger partial charge in [-0.2, -0.15) is 0 Å². The van der Waals surface area contributed by atoms with Crippen LogP contribution in [-0.4, -0.2) is 40.5 Å². The molecule has 2 atom stereocenters. The van der Waals surface area contributed by atoms with E-state index in [2.05, 4.69) is 17.2 Å². The second-order valence-electron chi connectivity index (χ2n) is 7.64. The van der Waals surface area contributed by atoms with Gasteiger partial charge in [0.05, 0.1) is 16.7 Å². The molecule has 0 radical (unpaired) electrons. The Hall–Kier alpha value is -1.86. The topological polar surface area (TPSA) is 73.2 Å². The normalized spacial score (nSPS) is 19.4. The number of hydrogen-bond acceptors (Lipinski definition) is 5. The van der Waals surface area contributed by atoms with Gasteiger partial charge in [-0.25, -0.2) is 4.98 Å². The molecule has 1 aliphatic carbocycles. The summed E-state index contributed by atoms with van der Waals surface area (Å²) in [4.78, 5) is 30.2. The Morgan fingerprint density at radius 1 is 1.31 bits per heavy atom. The summed E-state index contributed by atoms with van der Waals surface area (Å²) < 4.78 is 7.09. The molecule has 0 saturated heterocycles. The zero-order valence-electron chi connectivity index (χ0n) is 17.4. The predicted molar refractivity (Wildman–Crippen MR) is 117 cm³/mol. The Morgan fingerprint density at radius 2 is 2.10 bits per heavy atom. The standard InChI is InChI=1S/C22H31N3O3S/c1-3-28-14-8-13-25-21(27)17-10-5-7-12-19(17)24-22(25)29-15-20(26)23-18-11-6-4-9-16(18)2/h5,7,10,12,16,18H,3-4,6,8-9,11,13-15H2,1-2H3,(H,23,26)/t16-,18-/m1/s1. The number of fused-ring (bicyclic) bond motifs is 1. The zero-order valence-corrected chi connectivity index (χ0v) is 18.2. The van der Waals surface area contributed by atoms with Gasteiger partial charge in [-0.15, -0.1) is 0 Å². The molecule has 1 N–H and O–H groups in total. The molecular weight excluding hydrogens is 386 g/mol. The van der Waals surface area contributed by atoms with Crippen LogP contribution in [0.25, 0.3) is 10.9 Å². The molecule has 6 nitrogen and oxygen atoms in total. The third-order valence-electron chi connectivity index (χ3n) is 5.49. The summed E-state index contributed by atoms with van der Waals surface area (Å²) in [6.07, 6.45) is 5.37. The van der Waals surface area contributed by atoms with Gasteiger partial charge in [0.1, 0.15) is 0 Å². The number of carbonyl (C=O) groups is 1. The first kappa shape index (κ1) is 21.8. The molecule has 1 saturated carbocycles. The SMILES string of the molecule is CCOCCCn1c(SCC(=O)N[C@@H]2CCCC[C@H]2C)nc2ccccc2c1=O. The molecule has 1 fully saturated rings. The molecular formula is C22H31N3O3S. The van der Waals surface area contributed by atoms with Gasteiger partial charge in [0.2, 0.25) is 5.91 Å². The molecule has 0 aliphatic heterocycles. The lowest BCUT2D eigenvalue weighted by molar-refractivity contribution is -0.119. The highest BCUT2D eigenvalue weighted by Crippen LogP contribution is 2.24. The van der Waals surface area contributed by atoms with E-state index in [1.807, 2.05) is 25.1 Å². The Morgan fingerprint density at radius 3 is 2.90 bits per heavy atom. The monoisotopic (exact) mass is 417 g/mol. The van der Waals surface area contributed by atoms with E-state index in [4.69, 9.17) is 4.74 Å². The van der Waals surface area contributed by atoms with Gasteiger partial charge < -0.3 is 10.1 Å². The molecule has 1 aliphatic rings. The van der Waals surface area contributed by atoms with E-state index >= 15 is 0 Å². The molecule has 0 unspecified atom stereocenters. The number of aromatic nitrogens is 2. The molecule has 3 rings (SSSR count). The zero-order chi connectivity index (χ0) is 20.6. The van der Waals surface area contributed by atoms with Crippen LogP contribution in [0.4, 0.5) is 0 Å². The van der Waals surface area contributed by atoms with Crippen molar-refractivity contribution in [2.24, 2.45) is 5.92 Å². The van der Waals surface area contributed by atoms with Gasteiger partial charge in [0.25, 0.3) is 5.56 Å². The minimum absolute atomic E-state index is 0.0111. The second kappa shape index (κ2) is 10.8. The fraction of sp³-hybridized carbons (Fsp3) is 0.591. The maximum absolute atomic E-state index is 13.0. The molecule has 1 aromatic heterocycles. The van der Waals surface area contributed by atoms with Gasteiger partial charge in [-0.3, -0.25) is 14.2 Å². The van der Waals surface area contributed by atoms with Crippen LogP contribution in [0.2, 0.25) is 0 Å². The van der Waals surface area contributed by atoms with Crippen molar-refractivity contribution in [2.75, 3.05) is 19.0 Å². The molecule has 1 heterocycles. The summed E-state index contributed by atoms with van der Waals surface area (Å²) in [6.45, 7) is 5.95. The molecule has 0 bridgehead atoms. The highest BCUT2D eigenvalue weighted by molar-refractivity contribution is 7.99. The average molecular weight is 418 g/mol. The van der Waals surface area contributed by atoms with E-state index in [0.29, 0.717) is 41.7 Å². The molecule has 158 valence electrons. The average Bonchev–Trinajstić information content (AvgIpc) is 2.73. The fourth-order valence-electron chi connectivity index (χ4n) is 3.83. The fourth-order valence-corrected chi connectivity index (χ4v) is 4.67. The van der Waals surface area contributed by atoms with E-state index in [9.17, 15) is 9.59 Å². The third kappa shape index (κ3) is 5.82. The van der Waals surface area contributed by atoms with Crippen molar-refractivity contribution < 1.29 is 9.53 Å². The van der Waals surface area contributed by atoms with Crippen molar-refractivity contribution in [3.63, 3.8) is 0 Å². The molecule has 1 aromatic carbocycles. The Labute approximate surface area is 176 Å². The summed E-state index contributed by atoms with van der Waals surface area (Å²) in [6, 6.07) is 7.63. The Bertz CT molecular complexity index is 883. The number of para-hydroxylation sites is 1. The Kier molecular flexibility index (Phi) is 8.12. The molecule has 7 heteroatoms. The van der Waals surface area contributed by atoms with Crippen LogP contribution in [0.3, 0.4) is 0 Å². The van der Waals surface area contributed by atoms with Crippen LogP contribution in [0.5, 0.6) is 0 Å². The van der Waals surface area contributed by atoms with Crippen LogP contribution in [0.1, 0.15) is 46.0 Å². The molecule has 1 amide bonds.